The van der Waals surface area contributed by atoms with Crippen LogP contribution in [0, 0.1) is 5.41 Å². The number of nitrogens with one attached hydrogen (secondary N) is 1. The quantitative estimate of drug-likeness (QED) is 0.661. The molecule has 2 aliphatic rings. The highest BCUT2D eigenvalue weighted by Crippen LogP contribution is 2.41. The van der Waals surface area contributed by atoms with Gasteiger partial charge in [0.1, 0.15) is 0 Å². The van der Waals surface area contributed by atoms with Crippen LogP contribution in [0.15, 0.2) is 24.3 Å². The zero-order valence-electron chi connectivity index (χ0n) is 8.95. The lowest BCUT2D eigenvalue weighted by molar-refractivity contribution is -0.129. The zero-order valence-corrected chi connectivity index (χ0v) is 8.95. The minimum atomic E-state index is -0.453. The Morgan fingerprint density at radius 2 is 1.81 bits per heavy atom. The van der Waals surface area contributed by atoms with Crippen molar-refractivity contribution >= 4 is 11.8 Å². The molecule has 0 aromatic heterocycles. The molecule has 0 radical (unpaired) electrons. The molecule has 1 aliphatic heterocycles. The van der Waals surface area contributed by atoms with Crippen LogP contribution in [0.1, 0.15) is 24.0 Å². The molecule has 1 saturated heterocycles. The molecule has 1 fully saturated rings. The third-order valence-electron chi connectivity index (χ3n) is 3.75. The number of benzene rings is 1. The van der Waals surface area contributed by atoms with Gasteiger partial charge in [0.25, 0.3) is 0 Å². The lowest BCUT2D eigenvalue weighted by atomic mass is 9.70. The van der Waals surface area contributed by atoms with Gasteiger partial charge < -0.3 is 0 Å². The summed E-state index contributed by atoms with van der Waals surface area (Å²) in [6.45, 7) is 0. The molecule has 1 spiro atoms. The molecular formula is C13H13NO2. The van der Waals surface area contributed by atoms with E-state index in [1.807, 2.05) is 12.1 Å². The van der Waals surface area contributed by atoms with Crippen LogP contribution in [-0.4, -0.2) is 11.8 Å². The van der Waals surface area contributed by atoms with Gasteiger partial charge in [-0.2, -0.15) is 0 Å². The number of imide groups is 1. The third-order valence-corrected chi connectivity index (χ3v) is 3.75. The third kappa shape index (κ3) is 1.28. The highest BCUT2D eigenvalue weighted by molar-refractivity contribution is 6.06. The van der Waals surface area contributed by atoms with Crippen LogP contribution in [0.25, 0.3) is 0 Å². The first-order chi connectivity index (χ1) is 7.70. The van der Waals surface area contributed by atoms with E-state index in [1.54, 1.807) is 0 Å². The van der Waals surface area contributed by atoms with Gasteiger partial charge in [-0.15, -0.1) is 0 Å². The maximum Gasteiger partial charge on any atom is 0.233 e. The molecule has 1 aliphatic carbocycles. The van der Waals surface area contributed by atoms with Crippen LogP contribution in [0.5, 0.6) is 0 Å². The number of carbonyl (C=O) groups excluding carboxylic acids is 2. The summed E-state index contributed by atoms with van der Waals surface area (Å²) in [4.78, 5) is 23.1. The minimum Gasteiger partial charge on any atom is -0.296 e. The summed E-state index contributed by atoms with van der Waals surface area (Å²) in [5.74, 6) is -0.198. The average molecular weight is 215 g/mol. The van der Waals surface area contributed by atoms with E-state index in [9.17, 15) is 9.59 Å². The predicted molar refractivity (Wildman–Crippen MR) is 58.7 cm³/mol. The van der Waals surface area contributed by atoms with E-state index in [4.69, 9.17) is 0 Å². The molecule has 16 heavy (non-hydrogen) atoms. The average Bonchev–Trinajstić information content (AvgIpc) is 2.53. The molecule has 3 nitrogen and oxygen atoms in total. The molecule has 1 aromatic rings. The minimum absolute atomic E-state index is 0.0768. The maximum absolute atomic E-state index is 11.8. The molecule has 1 heterocycles. The summed E-state index contributed by atoms with van der Waals surface area (Å²) in [6.07, 6.45) is 2.76. The number of rotatable bonds is 0. The molecule has 0 saturated carbocycles. The van der Waals surface area contributed by atoms with Gasteiger partial charge >= 0.3 is 0 Å². The van der Waals surface area contributed by atoms with Crippen LogP contribution in [0.4, 0.5) is 0 Å². The SMILES string of the molecule is O=C1C[C@@]2(CCc3ccccc3C2)C(=O)N1. The largest absolute Gasteiger partial charge is 0.296 e. The van der Waals surface area contributed by atoms with Crippen molar-refractivity contribution in [3.63, 3.8) is 0 Å². The molecule has 0 unspecified atom stereocenters. The van der Waals surface area contributed by atoms with Crippen molar-refractivity contribution < 1.29 is 9.59 Å². The number of amides is 2. The normalized spacial score (nSPS) is 28.0. The molecule has 2 amide bonds. The highest BCUT2D eigenvalue weighted by atomic mass is 16.2. The number of aryl methyl sites for hydroxylation is 1. The van der Waals surface area contributed by atoms with Crippen molar-refractivity contribution in [2.24, 2.45) is 5.41 Å². The fourth-order valence-electron chi connectivity index (χ4n) is 2.84. The van der Waals surface area contributed by atoms with Crippen LogP contribution in [0.2, 0.25) is 0 Å². The lowest BCUT2D eigenvalue weighted by Crippen LogP contribution is -2.36. The Labute approximate surface area is 93.8 Å². The molecule has 3 rings (SSSR count). The van der Waals surface area contributed by atoms with Crippen LogP contribution < -0.4 is 5.32 Å². The Kier molecular flexibility index (Phi) is 1.90. The van der Waals surface area contributed by atoms with E-state index in [1.165, 1.54) is 11.1 Å². The Bertz CT molecular complexity index is 481. The number of fused-ring (bicyclic) bond motifs is 1. The van der Waals surface area contributed by atoms with Crippen molar-refractivity contribution in [2.75, 3.05) is 0 Å². The van der Waals surface area contributed by atoms with Gasteiger partial charge in [0.2, 0.25) is 11.8 Å². The van der Waals surface area contributed by atoms with Crippen molar-refractivity contribution in [3.05, 3.63) is 35.4 Å². The van der Waals surface area contributed by atoms with E-state index in [0.29, 0.717) is 12.8 Å². The first-order valence-corrected chi connectivity index (χ1v) is 5.61. The highest BCUT2D eigenvalue weighted by Gasteiger charge is 2.47. The second kappa shape index (κ2) is 3.17. The fraction of sp³-hybridized carbons (Fsp3) is 0.385. The monoisotopic (exact) mass is 215 g/mol. The Morgan fingerprint density at radius 1 is 1.06 bits per heavy atom. The molecule has 3 heteroatoms. The molecule has 1 aromatic carbocycles. The number of hydrogen-bond acceptors (Lipinski definition) is 2. The van der Waals surface area contributed by atoms with Crippen molar-refractivity contribution in [3.8, 4) is 0 Å². The van der Waals surface area contributed by atoms with E-state index in [2.05, 4.69) is 17.4 Å². The molecule has 0 bridgehead atoms. The predicted octanol–water partition coefficient (Wildman–Crippen LogP) is 1.21. The van der Waals surface area contributed by atoms with Gasteiger partial charge in [0, 0.05) is 6.42 Å². The first kappa shape index (κ1) is 9.58. The summed E-state index contributed by atoms with van der Waals surface area (Å²) in [5.41, 5.74) is 2.09. The zero-order chi connectivity index (χ0) is 11.2. The Hall–Kier alpha value is -1.64. The maximum atomic E-state index is 11.8. The second-order valence-corrected chi connectivity index (χ2v) is 4.78. The van der Waals surface area contributed by atoms with E-state index >= 15 is 0 Å². The van der Waals surface area contributed by atoms with E-state index in [-0.39, 0.29) is 11.8 Å². The number of hydrogen-bond donors (Lipinski definition) is 1. The topological polar surface area (TPSA) is 46.2 Å². The van der Waals surface area contributed by atoms with E-state index in [0.717, 1.165) is 12.8 Å². The Balaban J connectivity index is 1.98. The second-order valence-electron chi connectivity index (χ2n) is 4.78. The van der Waals surface area contributed by atoms with Crippen molar-refractivity contribution in [2.45, 2.75) is 25.7 Å². The number of carbonyl (C=O) groups is 2. The van der Waals surface area contributed by atoms with Gasteiger partial charge in [-0.3, -0.25) is 14.9 Å². The summed E-state index contributed by atoms with van der Waals surface area (Å²) in [5, 5.41) is 2.43. The molecule has 1 atom stereocenters. The summed E-state index contributed by atoms with van der Waals surface area (Å²) in [6, 6.07) is 8.19. The standard InChI is InChI=1S/C13H13NO2/c15-11-8-13(12(16)14-11)6-5-9-3-1-2-4-10(9)7-13/h1-4H,5-8H2,(H,14,15,16)/t13-/m0/s1. The van der Waals surface area contributed by atoms with Crippen LogP contribution in [0.3, 0.4) is 0 Å². The van der Waals surface area contributed by atoms with Crippen molar-refractivity contribution in [1.82, 2.24) is 5.32 Å². The smallest absolute Gasteiger partial charge is 0.233 e. The van der Waals surface area contributed by atoms with Crippen LogP contribution >= 0.6 is 0 Å². The van der Waals surface area contributed by atoms with Crippen molar-refractivity contribution in [1.29, 1.82) is 0 Å². The molecule has 1 N–H and O–H groups in total. The Morgan fingerprint density at radius 3 is 2.50 bits per heavy atom. The van der Waals surface area contributed by atoms with Gasteiger partial charge in [-0.25, -0.2) is 0 Å². The summed E-state index contributed by atoms with van der Waals surface area (Å²) in [7, 11) is 0. The van der Waals surface area contributed by atoms with Gasteiger partial charge in [0.05, 0.1) is 5.41 Å². The molecular weight excluding hydrogens is 202 g/mol. The van der Waals surface area contributed by atoms with E-state index < -0.39 is 5.41 Å². The van der Waals surface area contributed by atoms with Gasteiger partial charge in [-0.05, 0) is 30.4 Å². The van der Waals surface area contributed by atoms with Gasteiger partial charge in [-0.1, -0.05) is 24.3 Å². The molecule has 82 valence electrons. The summed E-state index contributed by atoms with van der Waals surface area (Å²) >= 11 is 0. The lowest BCUT2D eigenvalue weighted by Gasteiger charge is -2.31. The van der Waals surface area contributed by atoms with Crippen LogP contribution in [-0.2, 0) is 22.4 Å². The summed E-state index contributed by atoms with van der Waals surface area (Å²) < 4.78 is 0. The fourth-order valence-corrected chi connectivity index (χ4v) is 2.84. The first-order valence-electron chi connectivity index (χ1n) is 5.61. The van der Waals surface area contributed by atoms with Gasteiger partial charge in [0.15, 0.2) is 0 Å².